The van der Waals surface area contributed by atoms with Gasteiger partial charge in [-0.2, -0.15) is 0 Å². The van der Waals surface area contributed by atoms with Crippen LogP contribution in [0.4, 0.5) is 0 Å². The highest BCUT2D eigenvalue weighted by Crippen LogP contribution is 2.21. The first kappa shape index (κ1) is 19.2. The van der Waals surface area contributed by atoms with E-state index in [1.807, 2.05) is 24.3 Å². The summed E-state index contributed by atoms with van der Waals surface area (Å²) in [6, 6.07) is 7.88. The molecule has 6 nitrogen and oxygen atoms in total. The van der Waals surface area contributed by atoms with Crippen LogP contribution in [0.5, 0.6) is 0 Å². The Kier molecular flexibility index (Phi) is 6.36. The number of carbonyl (C=O) groups excluding carboxylic acids is 2. The van der Waals surface area contributed by atoms with E-state index in [4.69, 9.17) is 0 Å². The van der Waals surface area contributed by atoms with Crippen LogP contribution < -0.4 is 10.9 Å². The highest BCUT2D eigenvalue weighted by atomic mass is 32.2. The Morgan fingerprint density at radius 2 is 1.88 bits per heavy atom. The van der Waals surface area contributed by atoms with Crippen LogP contribution in [-0.2, 0) is 19.4 Å². The van der Waals surface area contributed by atoms with Gasteiger partial charge in [-0.15, -0.1) is 0 Å². The summed E-state index contributed by atoms with van der Waals surface area (Å²) in [5.74, 6) is -0.371. The molecular weight excluding hydrogens is 340 g/mol. The number of rotatable bonds is 5. The van der Waals surface area contributed by atoms with Crippen molar-refractivity contribution in [1.82, 2.24) is 10.9 Å². The maximum absolute atomic E-state index is 11.7. The molecule has 0 radical (unpaired) electrons. The second-order valence-electron chi connectivity index (χ2n) is 6.67. The first-order chi connectivity index (χ1) is 11.7. The number of carbonyl (C=O) groups is 2. The molecule has 1 fully saturated rings. The van der Waals surface area contributed by atoms with Crippen molar-refractivity contribution < 1.29 is 18.0 Å². The van der Waals surface area contributed by atoms with Gasteiger partial charge < -0.3 is 0 Å². The molecule has 2 rings (SSSR count). The van der Waals surface area contributed by atoms with Crippen molar-refractivity contribution in [1.29, 1.82) is 0 Å². The summed E-state index contributed by atoms with van der Waals surface area (Å²) in [5, 5.41) is 0. The van der Waals surface area contributed by atoms with Crippen LogP contribution in [0.3, 0.4) is 0 Å². The van der Waals surface area contributed by atoms with E-state index in [9.17, 15) is 18.0 Å². The largest absolute Gasteiger partial charge is 0.273 e. The van der Waals surface area contributed by atoms with Crippen LogP contribution in [0, 0.1) is 5.92 Å². The average molecular weight is 364 g/mol. The van der Waals surface area contributed by atoms with Gasteiger partial charge in [-0.3, -0.25) is 20.4 Å². The molecule has 1 atom stereocenters. The fraction of sp³-hybridized carbons (Fsp3) is 0.444. The molecule has 2 amide bonds. The lowest BCUT2D eigenvalue weighted by atomic mass is 10.0. The number of sulfone groups is 1. The van der Waals surface area contributed by atoms with Crippen LogP contribution in [0.1, 0.15) is 43.7 Å². The average Bonchev–Trinajstić information content (AvgIpc) is 2.90. The summed E-state index contributed by atoms with van der Waals surface area (Å²) in [4.78, 5) is 23.5. The first-order valence-electron chi connectivity index (χ1n) is 8.32. The Balaban J connectivity index is 1.75. The summed E-state index contributed by atoms with van der Waals surface area (Å²) in [6.07, 6.45) is 3.59. The molecule has 1 aliphatic heterocycles. The summed E-state index contributed by atoms with van der Waals surface area (Å²) in [5.41, 5.74) is 6.73. The molecule has 0 spiro atoms. The van der Waals surface area contributed by atoms with Gasteiger partial charge in [0, 0.05) is 12.5 Å². The summed E-state index contributed by atoms with van der Waals surface area (Å²) in [7, 11) is -3.00. The standard InChI is InChI=1S/C18H24N2O4S/c1-13(2)16-6-3-14(4-7-16)5-8-17(21)19-20-18(22)11-15-9-10-25(23,24)12-15/h3-8,13,15H,9-12H2,1-2H3,(H,19,21)(H,20,22)/b8-5+/t15-/m0/s1. The second-order valence-corrected chi connectivity index (χ2v) is 8.89. The van der Waals surface area contributed by atoms with Crippen LogP contribution in [0.25, 0.3) is 6.08 Å². The first-order valence-corrected chi connectivity index (χ1v) is 10.1. The maximum Gasteiger partial charge on any atom is 0.262 e. The van der Waals surface area contributed by atoms with E-state index in [-0.39, 0.29) is 29.8 Å². The van der Waals surface area contributed by atoms with E-state index in [1.54, 1.807) is 6.08 Å². The van der Waals surface area contributed by atoms with Crippen molar-refractivity contribution in [3.8, 4) is 0 Å². The van der Waals surface area contributed by atoms with E-state index in [2.05, 4.69) is 24.7 Å². The van der Waals surface area contributed by atoms with Gasteiger partial charge in [-0.1, -0.05) is 38.1 Å². The fourth-order valence-electron chi connectivity index (χ4n) is 2.68. The van der Waals surface area contributed by atoms with Gasteiger partial charge in [0.05, 0.1) is 11.5 Å². The van der Waals surface area contributed by atoms with E-state index in [0.717, 1.165) is 5.56 Å². The molecule has 1 aromatic carbocycles. The van der Waals surface area contributed by atoms with E-state index in [0.29, 0.717) is 12.3 Å². The van der Waals surface area contributed by atoms with Crippen LogP contribution in [0.15, 0.2) is 30.3 Å². The molecule has 136 valence electrons. The van der Waals surface area contributed by atoms with Gasteiger partial charge in [0.15, 0.2) is 9.84 Å². The minimum absolute atomic E-state index is 0.0423. The number of benzene rings is 1. The van der Waals surface area contributed by atoms with Gasteiger partial charge >= 0.3 is 0 Å². The highest BCUT2D eigenvalue weighted by Gasteiger charge is 2.29. The Bertz CT molecular complexity index is 752. The lowest BCUT2D eigenvalue weighted by Gasteiger charge is -2.08. The molecule has 1 aromatic rings. The van der Waals surface area contributed by atoms with Crippen LogP contribution in [0.2, 0.25) is 0 Å². The van der Waals surface area contributed by atoms with Crippen molar-refractivity contribution in [2.75, 3.05) is 11.5 Å². The maximum atomic E-state index is 11.7. The van der Waals surface area contributed by atoms with Crippen molar-refractivity contribution in [2.24, 2.45) is 5.92 Å². The molecular formula is C18H24N2O4S. The van der Waals surface area contributed by atoms with Gasteiger partial charge in [-0.05, 0) is 35.5 Å². The minimum Gasteiger partial charge on any atom is -0.273 e. The highest BCUT2D eigenvalue weighted by molar-refractivity contribution is 7.91. The Morgan fingerprint density at radius 3 is 2.44 bits per heavy atom. The molecule has 0 bridgehead atoms. The zero-order chi connectivity index (χ0) is 18.4. The number of amides is 2. The molecule has 0 aliphatic carbocycles. The Hall–Kier alpha value is -2.15. The van der Waals surface area contributed by atoms with E-state index >= 15 is 0 Å². The summed E-state index contributed by atoms with van der Waals surface area (Å²) in [6.45, 7) is 4.23. The van der Waals surface area contributed by atoms with Crippen molar-refractivity contribution >= 4 is 27.7 Å². The third kappa shape index (κ3) is 6.34. The molecule has 2 N–H and O–H groups in total. The number of hydrogen-bond donors (Lipinski definition) is 2. The molecule has 1 heterocycles. The molecule has 0 saturated carbocycles. The lowest BCUT2D eigenvalue weighted by molar-refractivity contribution is -0.127. The van der Waals surface area contributed by atoms with Crippen molar-refractivity contribution in [3.63, 3.8) is 0 Å². The topological polar surface area (TPSA) is 92.3 Å². The quantitative estimate of drug-likeness (QED) is 0.615. The molecule has 1 saturated heterocycles. The lowest BCUT2D eigenvalue weighted by Crippen LogP contribution is -2.41. The zero-order valence-corrected chi connectivity index (χ0v) is 15.3. The summed E-state index contributed by atoms with van der Waals surface area (Å²) >= 11 is 0. The van der Waals surface area contributed by atoms with Crippen molar-refractivity contribution in [2.45, 2.75) is 32.6 Å². The van der Waals surface area contributed by atoms with E-state index in [1.165, 1.54) is 11.6 Å². The monoisotopic (exact) mass is 364 g/mol. The summed E-state index contributed by atoms with van der Waals surface area (Å²) < 4.78 is 22.7. The van der Waals surface area contributed by atoms with Gasteiger partial charge in [0.1, 0.15) is 0 Å². The third-order valence-electron chi connectivity index (χ3n) is 4.16. The number of hydrogen-bond acceptors (Lipinski definition) is 4. The smallest absolute Gasteiger partial charge is 0.262 e. The predicted octanol–water partition coefficient (Wildman–Crippen LogP) is 1.80. The van der Waals surface area contributed by atoms with Crippen molar-refractivity contribution in [3.05, 3.63) is 41.5 Å². The zero-order valence-electron chi connectivity index (χ0n) is 14.5. The van der Waals surface area contributed by atoms with Gasteiger partial charge in [0.25, 0.3) is 5.91 Å². The SMILES string of the molecule is CC(C)c1ccc(/C=C/C(=O)NNC(=O)C[C@@H]2CCS(=O)(=O)C2)cc1. The third-order valence-corrected chi connectivity index (χ3v) is 5.99. The number of hydrazine groups is 1. The molecule has 25 heavy (non-hydrogen) atoms. The Morgan fingerprint density at radius 1 is 1.20 bits per heavy atom. The fourth-order valence-corrected chi connectivity index (χ4v) is 4.54. The molecule has 7 heteroatoms. The predicted molar refractivity (Wildman–Crippen MR) is 97.2 cm³/mol. The van der Waals surface area contributed by atoms with E-state index < -0.39 is 15.7 Å². The Labute approximate surface area is 148 Å². The van der Waals surface area contributed by atoms with Gasteiger partial charge in [0.2, 0.25) is 5.91 Å². The molecule has 1 aliphatic rings. The molecule has 0 aromatic heterocycles. The van der Waals surface area contributed by atoms with Gasteiger partial charge in [-0.25, -0.2) is 8.42 Å². The number of nitrogens with one attached hydrogen (secondary N) is 2. The minimum atomic E-state index is -3.00. The van der Waals surface area contributed by atoms with Crippen LogP contribution in [-0.4, -0.2) is 31.7 Å². The second kappa shape index (κ2) is 8.29. The van der Waals surface area contributed by atoms with Crippen LogP contribution >= 0.6 is 0 Å². The normalized spacial score (nSPS) is 19.2. The molecule has 0 unspecified atom stereocenters.